The second kappa shape index (κ2) is 6.10. The van der Waals surface area contributed by atoms with E-state index in [0.717, 1.165) is 22.3 Å². The predicted octanol–water partition coefficient (Wildman–Crippen LogP) is 4.06. The average Bonchev–Trinajstić information content (AvgIpc) is 2.94. The summed E-state index contributed by atoms with van der Waals surface area (Å²) in [5, 5.41) is 2.91. The monoisotopic (exact) mass is 348 g/mol. The van der Waals surface area contributed by atoms with E-state index in [-0.39, 0.29) is 4.90 Å². The zero-order chi connectivity index (χ0) is 16.4. The number of hydrogen-bond acceptors (Lipinski definition) is 4. The first-order valence-corrected chi connectivity index (χ1v) is 9.11. The first-order chi connectivity index (χ1) is 10.9. The number of benzene rings is 2. The second-order valence-corrected chi connectivity index (χ2v) is 7.64. The molecule has 118 valence electrons. The van der Waals surface area contributed by atoms with Crippen LogP contribution in [0.3, 0.4) is 0 Å². The van der Waals surface area contributed by atoms with E-state index in [1.54, 1.807) is 35.6 Å². The number of halogens is 1. The van der Waals surface area contributed by atoms with Crippen LogP contribution in [0, 0.1) is 12.7 Å². The van der Waals surface area contributed by atoms with Crippen molar-refractivity contribution in [3.05, 3.63) is 64.7 Å². The van der Waals surface area contributed by atoms with Crippen LogP contribution < -0.4 is 4.72 Å². The van der Waals surface area contributed by atoms with E-state index in [9.17, 15) is 12.8 Å². The van der Waals surface area contributed by atoms with Gasteiger partial charge in [0, 0.05) is 16.6 Å². The Balaban J connectivity index is 1.83. The minimum Gasteiger partial charge on any atom is -0.280 e. The van der Waals surface area contributed by atoms with Crippen LogP contribution in [-0.4, -0.2) is 13.4 Å². The van der Waals surface area contributed by atoms with Gasteiger partial charge in [0.05, 0.1) is 15.6 Å². The van der Waals surface area contributed by atoms with Gasteiger partial charge in [-0.1, -0.05) is 18.2 Å². The molecule has 0 atom stereocenters. The normalized spacial score (nSPS) is 11.4. The maximum Gasteiger partial charge on any atom is 0.261 e. The molecule has 0 amide bonds. The van der Waals surface area contributed by atoms with Crippen molar-refractivity contribution < 1.29 is 12.8 Å². The van der Waals surface area contributed by atoms with Gasteiger partial charge in [-0.2, -0.15) is 0 Å². The molecular weight excluding hydrogens is 335 g/mol. The highest BCUT2D eigenvalue weighted by atomic mass is 32.2. The Labute approximate surface area is 137 Å². The highest BCUT2D eigenvalue weighted by Crippen LogP contribution is 2.24. The molecule has 1 N–H and O–H groups in total. The number of sulfonamides is 1. The van der Waals surface area contributed by atoms with Crippen LogP contribution in [0.25, 0.3) is 11.3 Å². The summed E-state index contributed by atoms with van der Waals surface area (Å²) < 4.78 is 40.1. The molecule has 0 aliphatic rings. The fourth-order valence-corrected chi connectivity index (χ4v) is 3.76. The lowest BCUT2D eigenvalue weighted by atomic mass is 10.1. The summed E-state index contributed by atoms with van der Waals surface area (Å²) in [5.41, 5.74) is 2.17. The summed E-state index contributed by atoms with van der Waals surface area (Å²) in [5.74, 6) is -0.595. The zero-order valence-corrected chi connectivity index (χ0v) is 13.8. The molecule has 3 aromatic rings. The van der Waals surface area contributed by atoms with Crippen molar-refractivity contribution in [3.8, 4) is 11.3 Å². The maximum atomic E-state index is 13.2. The van der Waals surface area contributed by atoms with E-state index >= 15 is 0 Å². The minimum absolute atomic E-state index is 0.114. The van der Waals surface area contributed by atoms with Crippen LogP contribution in [-0.2, 0) is 10.0 Å². The second-order valence-electron chi connectivity index (χ2n) is 4.89. The van der Waals surface area contributed by atoms with Gasteiger partial charge in [0.25, 0.3) is 10.0 Å². The summed E-state index contributed by atoms with van der Waals surface area (Å²) in [7, 11) is -3.81. The molecule has 3 rings (SSSR count). The molecule has 0 aliphatic carbocycles. The Morgan fingerprint density at radius 3 is 2.48 bits per heavy atom. The predicted molar refractivity (Wildman–Crippen MR) is 89.5 cm³/mol. The lowest BCUT2D eigenvalue weighted by molar-refractivity contribution is 0.595. The van der Waals surface area contributed by atoms with Crippen LogP contribution in [0.4, 0.5) is 10.1 Å². The Hall–Kier alpha value is -2.25. The lowest BCUT2D eigenvalue weighted by Gasteiger charge is -2.08. The average molecular weight is 348 g/mol. The molecule has 0 spiro atoms. The maximum absolute atomic E-state index is 13.2. The molecule has 7 heteroatoms. The van der Waals surface area contributed by atoms with Gasteiger partial charge in [-0.05, 0) is 37.3 Å². The molecule has 0 radical (unpaired) electrons. The number of aryl methyl sites for hydroxylation is 1. The molecule has 0 saturated heterocycles. The number of nitrogens with zero attached hydrogens (tertiary/aromatic N) is 1. The van der Waals surface area contributed by atoms with Crippen molar-refractivity contribution in [1.82, 2.24) is 4.98 Å². The topological polar surface area (TPSA) is 59.1 Å². The third-order valence-electron chi connectivity index (χ3n) is 3.16. The Morgan fingerprint density at radius 1 is 1.13 bits per heavy atom. The van der Waals surface area contributed by atoms with E-state index in [2.05, 4.69) is 9.71 Å². The third-order valence-corrected chi connectivity index (χ3v) is 5.31. The van der Waals surface area contributed by atoms with E-state index < -0.39 is 15.8 Å². The molecule has 4 nitrogen and oxygen atoms in total. The van der Waals surface area contributed by atoms with Crippen molar-refractivity contribution in [3.63, 3.8) is 0 Å². The molecule has 0 unspecified atom stereocenters. The fourth-order valence-electron chi connectivity index (χ4n) is 2.05. The largest absolute Gasteiger partial charge is 0.280 e. The molecule has 1 aromatic heterocycles. The van der Waals surface area contributed by atoms with Crippen LogP contribution in [0.15, 0.2) is 58.8 Å². The molecule has 0 fully saturated rings. The summed E-state index contributed by atoms with van der Waals surface area (Å²) in [6, 6.07) is 11.8. The highest BCUT2D eigenvalue weighted by Gasteiger charge is 2.14. The standard InChI is InChI=1S/C16H13FN2O2S2/c1-11-18-16(10-22-11)12-5-7-14(8-6-12)19-23(20,21)15-4-2-3-13(17)9-15/h2-10,19H,1H3. The van der Waals surface area contributed by atoms with E-state index in [1.807, 2.05) is 12.3 Å². The smallest absolute Gasteiger partial charge is 0.261 e. The lowest BCUT2D eigenvalue weighted by Crippen LogP contribution is -2.13. The summed E-state index contributed by atoms with van der Waals surface area (Å²) in [6.45, 7) is 1.93. The summed E-state index contributed by atoms with van der Waals surface area (Å²) in [6.07, 6.45) is 0. The molecule has 23 heavy (non-hydrogen) atoms. The number of nitrogens with one attached hydrogen (secondary N) is 1. The van der Waals surface area contributed by atoms with E-state index in [0.29, 0.717) is 5.69 Å². The summed E-state index contributed by atoms with van der Waals surface area (Å²) >= 11 is 1.55. The van der Waals surface area contributed by atoms with Crippen molar-refractivity contribution in [2.75, 3.05) is 4.72 Å². The SMILES string of the molecule is Cc1nc(-c2ccc(NS(=O)(=O)c3cccc(F)c3)cc2)cs1. The molecule has 0 aliphatic heterocycles. The number of thiazole rings is 1. The van der Waals surface area contributed by atoms with Crippen LogP contribution in [0.1, 0.15) is 5.01 Å². The van der Waals surface area contributed by atoms with E-state index in [1.165, 1.54) is 18.2 Å². The first-order valence-electron chi connectivity index (χ1n) is 6.75. The van der Waals surface area contributed by atoms with Gasteiger partial charge in [0.2, 0.25) is 0 Å². The van der Waals surface area contributed by atoms with Gasteiger partial charge >= 0.3 is 0 Å². The number of anilines is 1. The van der Waals surface area contributed by atoms with Gasteiger partial charge in [0.1, 0.15) is 5.82 Å². The Kier molecular flexibility index (Phi) is 4.14. The van der Waals surface area contributed by atoms with Crippen molar-refractivity contribution in [2.24, 2.45) is 0 Å². The first kappa shape index (κ1) is 15.6. The Bertz CT molecular complexity index is 935. The summed E-state index contributed by atoms with van der Waals surface area (Å²) in [4.78, 5) is 4.27. The minimum atomic E-state index is -3.81. The number of rotatable bonds is 4. The van der Waals surface area contributed by atoms with Crippen LogP contribution in [0.2, 0.25) is 0 Å². The van der Waals surface area contributed by atoms with Gasteiger partial charge in [0.15, 0.2) is 0 Å². The van der Waals surface area contributed by atoms with Gasteiger partial charge < -0.3 is 0 Å². The molecular formula is C16H13FN2O2S2. The zero-order valence-electron chi connectivity index (χ0n) is 12.2. The van der Waals surface area contributed by atoms with E-state index in [4.69, 9.17) is 0 Å². The van der Waals surface area contributed by atoms with Crippen molar-refractivity contribution in [2.45, 2.75) is 11.8 Å². The fraction of sp³-hybridized carbons (Fsp3) is 0.0625. The highest BCUT2D eigenvalue weighted by molar-refractivity contribution is 7.92. The molecule has 2 aromatic carbocycles. The van der Waals surface area contributed by atoms with Crippen LogP contribution >= 0.6 is 11.3 Å². The number of aromatic nitrogens is 1. The van der Waals surface area contributed by atoms with Crippen molar-refractivity contribution >= 4 is 27.0 Å². The Morgan fingerprint density at radius 2 is 1.87 bits per heavy atom. The third kappa shape index (κ3) is 3.57. The van der Waals surface area contributed by atoms with Gasteiger partial charge in [-0.15, -0.1) is 11.3 Å². The molecule has 1 heterocycles. The van der Waals surface area contributed by atoms with Crippen molar-refractivity contribution in [1.29, 1.82) is 0 Å². The van der Waals surface area contributed by atoms with Crippen LogP contribution in [0.5, 0.6) is 0 Å². The van der Waals surface area contributed by atoms with Gasteiger partial charge in [-0.25, -0.2) is 17.8 Å². The number of hydrogen-bond donors (Lipinski definition) is 1. The quantitative estimate of drug-likeness (QED) is 0.773. The molecule has 0 saturated carbocycles. The van der Waals surface area contributed by atoms with Gasteiger partial charge in [-0.3, -0.25) is 4.72 Å². The molecule has 0 bridgehead atoms.